The lowest BCUT2D eigenvalue weighted by Gasteiger charge is -2.23. The Balaban J connectivity index is 0.000000921. The number of ether oxygens (including phenoxy) is 1. The van der Waals surface area contributed by atoms with E-state index in [2.05, 4.69) is 4.74 Å². The van der Waals surface area contributed by atoms with Crippen LogP contribution in [0.1, 0.15) is 76.8 Å². The molecule has 1 aliphatic rings. The van der Waals surface area contributed by atoms with Gasteiger partial charge in [0.25, 0.3) is 0 Å². The lowest BCUT2D eigenvalue weighted by molar-refractivity contribution is -0.187. The van der Waals surface area contributed by atoms with Crippen LogP contribution in [0.4, 0.5) is 17.6 Å². The van der Waals surface area contributed by atoms with E-state index < -0.39 is 23.3 Å². The van der Waals surface area contributed by atoms with Gasteiger partial charge in [0, 0.05) is 0 Å². The molecule has 0 amide bonds. The summed E-state index contributed by atoms with van der Waals surface area (Å²) >= 11 is 0. The molecule has 1 fully saturated rings. The minimum atomic E-state index is -3.83. The second-order valence-corrected chi connectivity index (χ2v) is 6.15. The van der Waals surface area contributed by atoms with Crippen molar-refractivity contribution in [1.29, 1.82) is 0 Å². The lowest BCUT2D eigenvalue weighted by Crippen LogP contribution is -2.23. The van der Waals surface area contributed by atoms with Crippen molar-refractivity contribution in [3.63, 3.8) is 0 Å². The van der Waals surface area contributed by atoms with Crippen LogP contribution in [0, 0.1) is 11.6 Å². The van der Waals surface area contributed by atoms with Crippen molar-refractivity contribution in [2.75, 3.05) is 0 Å². The molecular formula is C23H30F4O. The number of alkyl halides is 2. The summed E-state index contributed by atoms with van der Waals surface area (Å²) in [4.78, 5) is 0. The molecule has 1 nitrogen and oxygen atoms in total. The molecule has 2 aromatic carbocycles. The van der Waals surface area contributed by atoms with Crippen LogP contribution in [-0.4, -0.2) is 0 Å². The molecule has 1 aliphatic carbocycles. The third-order valence-electron chi connectivity index (χ3n) is 4.44. The smallest absolute Gasteiger partial charge is 0.429 e. The van der Waals surface area contributed by atoms with Crippen LogP contribution in [0.3, 0.4) is 0 Å². The van der Waals surface area contributed by atoms with E-state index in [1.165, 1.54) is 12.5 Å². The molecule has 28 heavy (non-hydrogen) atoms. The average Bonchev–Trinajstić information content (AvgIpc) is 2.73. The predicted octanol–water partition coefficient (Wildman–Crippen LogP) is 8.19. The molecule has 0 saturated heterocycles. The van der Waals surface area contributed by atoms with Gasteiger partial charge >= 0.3 is 6.11 Å². The Morgan fingerprint density at radius 2 is 1.39 bits per heavy atom. The number of hydrogen-bond acceptors (Lipinski definition) is 1. The van der Waals surface area contributed by atoms with E-state index in [-0.39, 0.29) is 11.7 Å². The summed E-state index contributed by atoms with van der Waals surface area (Å²) in [6, 6.07) is 8.00. The monoisotopic (exact) mass is 398 g/mol. The zero-order valence-electron chi connectivity index (χ0n) is 17.1. The maximum absolute atomic E-state index is 14.2. The summed E-state index contributed by atoms with van der Waals surface area (Å²) in [5.41, 5.74) is -0.0556. The third-order valence-corrected chi connectivity index (χ3v) is 4.44. The summed E-state index contributed by atoms with van der Waals surface area (Å²) in [6.45, 7) is 8.00. The molecule has 0 aromatic heterocycles. The van der Waals surface area contributed by atoms with Crippen molar-refractivity contribution < 1.29 is 22.3 Å². The maximum atomic E-state index is 14.2. The average molecular weight is 398 g/mol. The van der Waals surface area contributed by atoms with E-state index in [0.717, 1.165) is 61.6 Å². The van der Waals surface area contributed by atoms with Crippen LogP contribution in [0.5, 0.6) is 5.75 Å². The van der Waals surface area contributed by atoms with Crippen molar-refractivity contribution in [3.8, 4) is 5.75 Å². The van der Waals surface area contributed by atoms with Crippen molar-refractivity contribution in [1.82, 2.24) is 0 Å². The van der Waals surface area contributed by atoms with Crippen LogP contribution < -0.4 is 4.74 Å². The van der Waals surface area contributed by atoms with Crippen LogP contribution in [0.25, 0.3) is 0 Å². The molecule has 0 aliphatic heterocycles. The molecule has 0 N–H and O–H groups in total. The molecule has 0 spiro atoms. The molecule has 0 bridgehead atoms. The molecule has 0 unspecified atom stereocenters. The molecule has 5 heteroatoms. The standard InChI is InChI=1S/C19H18F4O.2C2H6/c20-15-7-9-16(10-8-15)24-19(22,23)17-11-6-14(12-18(17)21)13-4-2-1-3-5-13;2*1-2/h6-13H,1-5H2;2*1-2H3. The Hall–Kier alpha value is -2.04. The Labute approximate surface area is 165 Å². The van der Waals surface area contributed by atoms with E-state index in [9.17, 15) is 17.6 Å². The molecule has 2 aromatic rings. The first-order valence-corrected chi connectivity index (χ1v) is 10.1. The fraction of sp³-hybridized carbons (Fsp3) is 0.478. The largest absolute Gasteiger partial charge is 0.429 e. The zero-order valence-corrected chi connectivity index (χ0v) is 17.1. The SMILES string of the molecule is CC.CC.Fc1ccc(OC(F)(F)c2ccc(C3CCCCC3)cc2F)cc1. The first-order valence-electron chi connectivity index (χ1n) is 10.1. The maximum Gasteiger partial charge on any atom is 0.429 e. The van der Waals surface area contributed by atoms with Crippen LogP contribution >= 0.6 is 0 Å². The van der Waals surface area contributed by atoms with E-state index in [4.69, 9.17) is 0 Å². The topological polar surface area (TPSA) is 9.23 Å². The minimum Gasteiger partial charge on any atom is -0.429 e. The van der Waals surface area contributed by atoms with Gasteiger partial charge in [-0.3, -0.25) is 0 Å². The van der Waals surface area contributed by atoms with Crippen LogP contribution in [0.2, 0.25) is 0 Å². The Kier molecular flexibility index (Phi) is 10.0. The normalized spacial score (nSPS) is 14.3. The predicted molar refractivity (Wildman–Crippen MR) is 106 cm³/mol. The van der Waals surface area contributed by atoms with Gasteiger partial charge in [0.15, 0.2) is 0 Å². The highest BCUT2D eigenvalue weighted by Crippen LogP contribution is 2.37. The molecule has 156 valence electrons. The highest BCUT2D eigenvalue weighted by Gasteiger charge is 2.38. The van der Waals surface area contributed by atoms with E-state index in [0.29, 0.717) is 0 Å². The van der Waals surface area contributed by atoms with Crippen LogP contribution in [-0.2, 0) is 6.11 Å². The van der Waals surface area contributed by atoms with Gasteiger partial charge in [0.05, 0.1) is 5.56 Å². The van der Waals surface area contributed by atoms with Crippen molar-refractivity contribution in [3.05, 3.63) is 65.2 Å². The second kappa shape index (κ2) is 11.7. The molecule has 0 heterocycles. The summed E-state index contributed by atoms with van der Waals surface area (Å²) in [5, 5.41) is 0. The third kappa shape index (κ3) is 6.54. The van der Waals surface area contributed by atoms with E-state index >= 15 is 0 Å². The van der Waals surface area contributed by atoms with Gasteiger partial charge in [-0.1, -0.05) is 53.0 Å². The highest BCUT2D eigenvalue weighted by molar-refractivity contribution is 5.31. The number of benzene rings is 2. The summed E-state index contributed by atoms with van der Waals surface area (Å²) in [7, 11) is 0. The molecule has 1 saturated carbocycles. The Morgan fingerprint density at radius 1 is 0.821 bits per heavy atom. The first-order chi connectivity index (χ1) is 13.5. The van der Waals surface area contributed by atoms with Gasteiger partial charge in [-0.25, -0.2) is 8.78 Å². The Bertz CT molecular complexity index is 692. The summed E-state index contributed by atoms with van der Waals surface area (Å²) in [5.74, 6) is -1.54. The minimum absolute atomic E-state index is 0.225. The van der Waals surface area contributed by atoms with Gasteiger partial charge in [0.1, 0.15) is 17.4 Å². The van der Waals surface area contributed by atoms with E-state index in [1.54, 1.807) is 6.07 Å². The lowest BCUT2D eigenvalue weighted by atomic mass is 9.84. The highest BCUT2D eigenvalue weighted by atomic mass is 19.3. The van der Waals surface area contributed by atoms with Gasteiger partial charge in [-0.15, -0.1) is 0 Å². The molecular weight excluding hydrogens is 368 g/mol. The van der Waals surface area contributed by atoms with Crippen molar-refractivity contribution in [2.45, 2.75) is 71.8 Å². The van der Waals surface area contributed by atoms with Gasteiger partial charge in [-0.05, 0) is 60.7 Å². The van der Waals surface area contributed by atoms with Gasteiger partial charge in [0.2, 0.25) is 0 Å². The van der Waals surface area contributed by atoms with Crippen molar-refractivity contribution >= 4 is 0 Å². The Morgan fingerprint density at radius 3 is 1.93 bits per heavy atom. The second-order valence-electron chi connectivity index (χ2n) is 6.15. The fourth-order valence-electron chi connectivity index (χ4n) is 3.16. The van der Waals surface area contributed by atoms with Crippen molar-refractivity contribution in [2.24, 2.45) is 0 Å². The quantitative estimate of drug-likeness (QED) is 0.472. The number of rotatable bonds is 4. The molecule has 0 radical (unpaired) electrons. The number of halogens is 4. The first kappa shape index (κ1) is 24.0. The fourth-order valence-corrected chi connectivity index (χ4v) is 3.16. The van der Waals surface area contributed by atoms with Gasteiger partial charge < -0.3 is 4.74 Å². The zero-order chi connectivity index (χ0) is 21.2. The van der Waals surface area contributed by atoms with E-state index in [1.807, 2.05) is 27.7 Å². The summed E-state index contributed by atoms with van der Waals surface area (Å²) in [6.07, 6.45) is 1.42. The summed E-state index contributed by atoms with van der Waals surface area (Å²) < 4.78 is 60.1. The number of hydrogen-bond donors (Lipinski definition) is 0. The molecule has 3 rings (SSSR count). The van der Waals surface area contributed by atoms with Crippen LogP contribution in [0.15, 0.2) is 42.5 Å². The molecule has 0 atom stereocenters. The van der Waals surface area contributed by atoms with Gasteiger partial charge in [-0.2, -0.15) is 8.78 Å².